The van der Waals surface area contributed by atoms with Gasteiger partial charge in [-0.15, -0.1) is 0 Å². The van der Waals surface area contributed by atoms with Crippen molar-refractivity contribution in [2.45, 2.75) is 26.8 Å². The molecule has 0 saturated carbocycles. The van der Waals surface area contributed by atoms with Crippen molar-refractivity contribution < 1.29 is 14.0 Å². The molecule has 2 aromatic rings. The summed E-state index contributed by atoms with van der Waals surface area (Å²) in [5.74, 6) is 0.679. The first kappa shape index (κ1) is 14.1. The van der Waals surface area contributed by atoms with Crippen LogP contribution < -0.4 is 5.32 Å². The van der Waals surface area contributed by atoms with Crippen molar-refractivity contribution in [2.24, 2.45) is 0 Å². The monoisotopic (exact) mass is 271 g/mol. The fraction of sp³-hybridized carbons (Fsp3) is 0.250. The quantitative estimate of drug-likeness (QED) is 0.868. The Morgan fingerprint density at radius 2 is 1.70 bits per heavy atom. The van der Waals surface area contributed by atoms with E-state index in [0.717, 1.165) is 5.56 Å². The third-order valence-electron chi connectivity index (χ3n) is 2.83. The first-order valence-electron chi connectivity index (χ1n) is 6.49. The van der Waals surface area contributed by atoms with Gasteiger partial charge in [-0.05, 0) is 32.9 Å². The number of carbonyl (C=O) groups excluding carboxylic acids is 2. The molecule has 104 valence electrons. The summed E-state index contributed by atoms with van der Waals surface area (Å²) in [4.78, 5) is 23.0. The van der Waals surface area contributed by atoms with Gasteiger partial charge in [0.25, 0.3) is 5.91 Å². The molecule has 1 aromatic heterocycles. The normalized spacial score (nSPS) is 10.6. The summed E-state index contributed by atoms with van der Waals surface area (Å²) in [7, 11) is 0. The molecule has 0 aliphatic rings. The smallest absolute Gasteiger partial charge is 0.287 e. The van der Waals surface area contributed by atoms with Crippen LogP contribution in [0.5, 0.6) is 0 Å². The number of furan rings is 1. The number of ketones is 1. The van der Waals surface area contributed by atoms with Crippen LogP contribution in [-0.4, -0.2) is 17.7 Å². The van der Waals surface area contributed by atoms with Crippen LogP contribution in [0.15, 0.2) is 40.8 Å². The zero-order valence-electron chi connectivity index (χ0n) is 11.8. The fourth-order valence-corrected chi connectivity index (χ4v) is 1.82. The Labute approximate surface area is 117 Å². The topological polar surface area (TPSA) is 59.3 Å². The van der Waals surface area contributed by atoms with Crippen LogP contribution in [0.25, 0.3) is 11.3 Å². The van der Waals surface area contributed by atoms with Gasteiger partial charge in [-0.1, -0.05) is 24.3 Å². The summed E-state index contributed by atoms with van der Waals surface area (Å²) >= 11 is 0. The minimum absolute atomic E-state index is 0.0213. The molecule has 0 aliphatic carbocycles. The maximum atomic E-state index is 11.8. The molecule has 0 unspecified atom stereocenters. The number of amides is 1. The molecule has 0 saturated heterocycles. The number of Topliss-reactive ketones (excluding diaryl/α,β-unsaturated/α-hetero) is 1. The molecule has 1 amide bonds. The number of rotatable bonds is 4. The van der Waals surface area contributed by atoms with Gasteiger partial charge in [0.2, 0.25) is 0 Å². The third-order valence-corrected chi connectivity index (χ3v) is 2.83. The highest BCUT2D eigenvalue weighted by atomic mass is 16.3. The maximum Gasteiger partial charge on any atom is 0.287 e. The van der Waals surface area contributed by atoms with E-state index >= 15 is 0 Å². The molecule has 0 aliphatic heterocycles. The van der Waals surface area contributed by atoms with Crippen LogP contribution in [0, 0.1) is 0 Å². The van der Waals surface area contributed by atoms with Crippen molar-refractivity contribution in [3.8, 4) is 11.3 Å². The number of hydrogen-bond acceptors (Lipinski definition) is 3. The summed E-state index contributed by atoms with van der Waals surface area (Å²) in [6.45, 7) is 5.31. The van der Waals surface area contributed by atoms with Crippen molar-refractivity contribution in [3.05, 3.63) is 47.7 Å². The lowest BCUT2D eigenvalue weighted by Crippen LogP contribution is -2.29. The Balaban J connectivity index is 2.20. The average molecular weight is 271 g/mol. The van der Waals surface area contributed by atoms with Gasteiger partial charge in [0.05, 0.1) is 0 Å². The summed E-state index contributed by atoms with van der Waals surface area (Å²) in [5, 5.41) is 2.77. The Kier molecular flexibility index (Phi) is 4.03. The molecule has 1 aromatic carbocycles. The minimum atomic E-state index is -0.230. The number of hydrogen-bond donors (Lipinski definition) is 1. The second-order valence-electron chi connectivity index (χ2n) is 4.93. The van der Waals surface area contributed by atoms with E-state index in [9.17, 15) is 9.59 Å². The molecule has 20 heavy (non-hydrogen) atoms. The van der Waals surface area contributed by atoms with E-state index in [0.29, 0.717) is 11.3 Å². The molecule has 0 radical (unpaired) electrons. The van der Waals surface area contributed by atoms with Gasteiger partial charge in [0, 0.05) is 17.2 Å². The first-order chi connectivity index (χ1) is 9.47. The first-order valence-corrected chi connectivity index (χ1v) is 6.49. The molecule has 2 rings (SSSR count). The maximum absolute atomic E-state index is 11.8. The second kappa shape index (κ2) is 5.74. The lowest BCUT2D eigenvalue weighted by atomic mass is 10.1. The van der Waals surface area contributed by atoms with Crippen molar-refractivity contribution in [2.75, 3.05) is 0 Å². The zero-order valence-corrected chi connectivity index (χ0v) is 11.8. The van der Waals surface area contributed by atoms with Gasteiger partial charge in [0.1, 0.15) is 5.76 Å². The molecule has 0 fully saturated rings. The van der Waals surface area contributed by atoms with Gasteiger partial charge in [-0.3, -0.25) is 9.59 Å². The summed E-state index contributed by atoms with van der Waals surface area (Å²) < 4.78 is 5.54. The number of benzene rings is 1. The standard InChI is InChI=1S/C16H17NO3/c1-10(2)17-16(19)15-9-8-14(20-15)13-6-4-12(5-7-13)11(3)18/h4-10H,1-3H3,(H,17,19). The molecular formula is C16H17NO3. The molecule has 0 bridgehead atoms. The van der Waals surface area contributed by atoms with E-state index in [1.54, 1.807) is 36.4 Å². The molecular weight excluding hydrogens is 254 g/mol. The molecule has 4 nitrogen and oxygen atoms in total. The lowest BCUT2D eigenvalue weighted by molar-refractivity contribution is 0.0915. The molecule has 0 atom stereocenters. The van der Waals surface area contributed by atoms with Gasteiger partial charge in [-0.2, -0.15) is 0 Å². The van der Waals surface area contributed by atoms with E-state index in [4.69, 9.17) is 4.42 Å². The number of carbonyl (C=O) groups is 2. The lowest BCUT2D eigenvalue weighted by Gasteiger charge is -2.05. The van der Waals surface area contributed by atoms with Crippen LogP contribution in [-0.2, 0) is 0 Å². The van der Waals surface area contributed by atoms with Gasteiger partial charge in [-0.25, -0.2) is 0 Å². The van der Waals surface area contributed by atoms with Gasteiger partial charge in [0.15, 0.2) is 11.5 Å². The van der Waals surface area contributed by atoms with E-state index in [1.165, 1.54) is 6.92 Å². The van der Waals surface area contributed by atoms with Gasteiger partial charge >= 0.3 is 0 Å². The van der Waals surface area contributed by atoms with Gasteiger partial charge < -0.3 is 9.73 Å². The predicted molar refractivity (Wildman–Crippen MR) is 76.8 cm³/mol. The van der Waals surface area contributed by atoms with Crippen molar-refractivity contribution in [1.29, 1.82) is 0 Å². The number of nitrogens with one attached hydrogen (secondary N) is 1. The highest BCUT2D eigenvalue weighted by molar-refractivity contribution is 5.94. The van der Waals surface area contributed by atoms with Crippen molar-refractivity contribution >= 4 is 11.7 Å². The summed E-state index contributed by atoms with van der Waals surface area (Å²) in [6, 6.07) is 10.6. The fourth-order valence-electron chi connectivity index (χ4n) is 1.82. The summed E-state index contributed by atoms with van der Waals surface area (Å²) in [5.41, 5.74) is 1.48. The van der Waals surface area contributed by atoms with Crippen molar-refractivity contribution in [1.82, 2.24) is 5.32 Å². The molecule has 1 heterocycles. The van der Waals surface area contributed by atoms with E-state index in [1.807, 2.05) is 13.8 Å². The highest BCUT2D eigenvalue weighted by Gasteiger charge is 2.13. The highest BCUT2D eigenvalue weighted by Crippen LogP contribution is 2.22. The van der Waals surface area contributed by atoms with E-state index in [2.05, 4.69) is 5.32 Å². The van der Waals surface area contributed by atoms with Crippen LogP contribution in [0.3, 0.4) is 0 Å². The Morgan fingerprint density at radius 1 is 1.05 bits per heavy atom. The van der Waals surface area contributed by atoms with Crippen molar-refractivity contribution in [3.63, 3.8) is 0 Å². The average Bonchev–Trinajstić information content (AvgIpc) is 2.87. The molecule has 1 N–H and O–H groups in total. The Hall–Kier alpha value is -2.36. The second-order valence-corrected chi connectivity index (χ2v) is 4.93. The van der Waals surface area contributed by atoms with E-state index < -0.39 is 0 Å². The Bertz CT molecular complexity index is 623. The Morgan fingerprint density at radius 3 is 2.25 bits per heavy atom. The molecule has 0 spiro atoms. The van der Waals surface area contributed by atoms with Crippen LogP contribution in [0.1, 0.15) is 41.7 Å². The zero-order chi connectivity index (χ0) is 14.7. The molecule has 4 heteroatoms. The minimum Gasteiger partial charge on any atom is -0.451 e. The van der Waals surface area contributed by atoms with Crippen LogP contribution >= 0.6 is 0 Å². The van der Waals surface area contributed by atoms with E-state index in [-0.39, 0.29) is 23.5 Å². The third kappa shape index (κ3) is 3.15. The SMILES string of the molecule is CC(=O)c1ccc(-c2ccc(C(=O)NC(C)C)o2)cc1. The summed E-state index contributed by atoms with van der Waals surface area (Å²) in [6.07, 6.45) is 0. The predicted octanol–water partition coefficient (Wildman–Crippen LogP) is 3.29. The van der Waals surface area contributed by atoms with Crippen LogP contribution in [0.2, 0.25) is 0 Å². The van der Waals surface area contributed by atoms with Crippen LogP contribution in [0.4, 0.5) is 0 Å². The largest absolute Gasteiger partial charge is 0.451 e.